The van der Waals surface area contributed by atoms with E-state index in [1.165, 1.54) is 37.6 Å². The van der Waals surface area contributed by atoms with Gasteiger partial charge in [-0.2, -0.15) is 5.10 Å². The van der Waals surface area contributed by atoms with E-state index < -0.39 is 5.91 Å². The molecule has 110 valence electrons. The van der Waals surface area contributed by atoms with Gasteiger partial charge in [0.1, 0.15) is 5.69 Å². The summed E-state index contributed by atoms with van der Waals surface area (Å²) in [5, 5.41) is 15.9. The maximum atomic E-state index is 12.0. The van der Waals surface area contributed by atoms with Gasteiger partial charge in [-0.25, -0.2) is 9.67 Å². The van der Waals surface area contributed by atoms with Gasteiger partial charge >= 0.3 is 0 Å². The van der Waals surface area contributed by atoms with Crippen LogP contribution in [0.15, 0.2) is 35.3 Å². The Balaban J connectivity index is 2.19. The normalized spacial score (nSPS) is 10.3. The Morgan fingerprint density at radius 1 is 1.43 bits per heavy atom. The topological polar surface area (TPSA) is 106 Å². The third kappa shape index (κ3) is 3.63. The second-order valence-corrected chi connectivity index (χ2v) is 4.10. The predicted octanol–water partition coefficient (Wildman–Crippen LogP) is 0.243. The first-order chi connectivity index (χ1) is 10.1. The molecule has 0 aliphatic rings. The van der Waals surface area contributed by atoms with Crippen LogP contribution in [0.3, 0.4) is 0 Å². The first-order valence-electron chi connectivity index (χ1n) is 6.14. The molecule has 1 amide bonds. The number of hydrogen-bond acceptors (Lipinski definition) is 6. The van der Waals surface area contributed by atoms with Crippen molar-refractivity contribution in [3.63, 3.8) is 0 Å². The molecule has 2 N–H and O–H groups in total. The highest BCUT2D eigenvalue weighted by Gasteiger charge is 2.12. The fraction of sp³-hybridized carbons (Fsp3) is 0.231. The molecule has 2 heterocycles. The minimum Gasteiger partial charge on any atom is -0.504 e. The molecule has 0 fully saturated rings. The van der Waals surface area contributed by atoms with Crippen molar-refractivity contribution in [1.29, 1.82) is 0 Å². The van der Waals surface area contributed by atoms with Gasteiger partial charge in [0.25, 0.3) is 11.5 Å². The minimum atomic E-state index is -0.574. The van der Waals surface area contributed by atoms with Gasteiger partial charge in [0.2, 0.25) is 0 Å². The van der Waals surface area contributed by atoms with E-state index in [1.807, 2.05) is 0 Å². The van der Waals surface area contributed by atoms with E-state index in [0.29, 0.717) is 6.61 Å². The van der Waals surface area contributed by atoms with Crippen LogP contribution in [0.2, 0.25) is 0 Å². The zero-order valence-corrected chi connectivity index (χ0v) is 11.3. The van der Waals surface area contributed by atoms with Crippen molar-refractivity contribution < 1.29 is 14.6 Å². The Bertz CT molecular complexity index is 699. The third-order valence-corrected chi connectivity index (χ3v) is 2.62. The quantitative estimate of drug-likeness (QED) is 0.817. The second-order valence-electron chi connectivity index (χ2n) is 4.10. The number of aromatic hydroxyl groups is 1. The predicted molar refractivity (Wildman–Crippen MR) is 74.2 cm³/mol. The highest BCUT2D eigenvalue weighted by Crippen LogP contribution is 2.18. The van der Waals surface area contributed by atoms with Gasteiger partial charge in [-0.15, -0.1) is 0 Å². The summed E-state index contributed by atoms with van der Waals surface area (Å²) in [6.07, 6.45) is 1.43. The molecule has 8 heteroatoms. The molecular formula is C13H14N4O4. The van der Waals surface area contributed by atoms with Crippen LogP contribution in [0.1, 0.15) is 10.5 Å². The van der Waals surface area contributed by atoms with Crippen LogP contribution >= 0.6 is 0 Å². The maximum Gasteiger partial charge on any atom is 0.277 e. The van der Waals surface area contributed by atoms with E-state index in [1.54, 1.807) is 0 Å². The number of carbonyl (C=O) groups excluding carboxylic acids is 1. The molecule has 21 heavy (non-hydrogen) atoms. The maximum absolute atomic E-state index is 12.0. The van der Waals surface area contributed by atoms with E-state index >= 15 is 0 Å². The zero-order valence-electron chi connectivity index (χ0n) is 11.3. The lowest BCUT2D eigenvalue weighted by Gasteiger charge is -2.07. The molecule has 0 unspecified atom stereocenters. The molecular weight excluding hydrogens is 276 g/mol. The van der Waals surface area contributed by atoms with Crippen LogP contribution in [-0.2, 0) is 11.3 Å². The SMILES string of the molecule is COCCn1nc(C(=O)Nc2ncccc2O)ccc1=O. The van der Waals surface area contributed by atoms with Gasteiger partial charge in [0.05, 0.1) is 13.2 Å². The highest BCUT2D eigenvalue weighted by atomic mass is 16.5. The van der Waals surface area contributed by atoms with E-state index in [9.17, 15) is 14.7 Å². The fourth-order valence-corrected chi connectivity index (χ4v) is 1.57. The van der Waals surface area contributed by atoms with E-state index in [-0.39, 0.29) is 29.4 Å². The second kappa shape index (κ2) is 6.62. The molecule has 0 aliphatic heterocycles. The number of rotatable bonds is 5. The van der Waals surface area contributed by atoms with Crippen molar-refractivity contribution >= 4 is 11.7 Å². The van der Waals surface area contributed by atoms with Gasteiger partial charge in [-0.05, 0) is 18.2 Å². The van der Waals surface area contributed by atoms with Crippen molar-refractivity contribution in [2.75, 3.05) is 19.0 Å². The van der Waals surface area contributed by atoms with Gasteiger partial charge in [-0.1, -0.05) is 0 Å². The van der Waals surface area contributed by atoms with E-state index in [4.69, 9.17) is 4.74 Å². The van der Waals surface area contributed by atoms with Gasteiger partial charge in [0, 0.05) is 19.4 Å². The molecule has 2 rings (SSSR count). The molecule has 0 aliphatic carbocycles. The van der Waals surface area contributed by atoms with Gasteiger partial charge < -0.3 is 15.2 Å². The minimum absolute atomic E-state index is 0.0268. The Morgan fingerprint density at radius 3 is 2.95 bits per heavy atom. The summed E-state index contributed by atoms with van der Waals surface area (Å²) in [6, 6.07) is 5.49. The van der Waals surface area contributed by atoms with Crippen LogP contribution in [-0.4, -0.2) is 39.5 Å². The number of nitrogens with zero attached hydrogens (tertiary/aromatic N) is 3. The molecule has 0 saturated carbocycles. The summed E-state index contributed by atoms with van der Waals surface area (Å²) in [5.41, 5.74) is -0.292. The Labute approximate surface area is 120 Å². The summed E-state index contributed by atoms with van der Waals surface area (Å²) in [4.78, 5) is 27.4. The Morgan fingerprint density at radius 2 is 2.24 bits per heavy atom. The average molecular weight is 290 g/mol. The average Bonchev–Trinajstić information content (AvgIpc) is 2.48. The fourth-order valence-electron chi connectivity index (χ4n) is 1.57. The van der Waals surface area contributed by atoms with Crippen molar-refractivity contribution in [3.8, 4) is 5.75 Å². The molecule has 0 aromatic carbocycles. The zero-order chi connectivity index (χ0) is 15.2. The van der Waals surface area contributed by atoms with Gasteiger partial charge in [0.15, 0.2) is 11.6 Å². The Hall–Kier alpha value is -2.74. The summed E-state index contributed by atoms with van der Waals surface area (Å²) in [6.45, 7) is 0.546. The molecule has 0 radical (unpaired) electrons. The first-order valence-corrected chi connectivity index (χ1v) is 6.14. The molecule has 2 aromatic rings. The first kappa shape index (κ1) is 14.7. The van der Waals surface area contributed by atoms with Crippen LogP contribution in [0.4, 0.5) is 5.82 Å². The van der Waals surface area contributed by atoms with Crippen molar-refractivity contribution in [2.45, 2.75) is 6.54 Å². The van der Waals surface area contributed by atoms with Crippen LogP contribution in [0, 0.1) is 0 Å². The standard InChI is InChI=1S/C13H14N4O4/c1-21-8-7-17-11(19)5-4-9(16-17)13(20)15-12-10(18)3-2-6-14-12/h2-6,18H,7-8H2,1H3,(H,14,15,20). The monoisotopic (exact) mass is 290 g/mol. The Kier molecular flexibility index (Phi) is 4.62. The smallest absolute Gasteiger partial charge is 0.277 e. The highest BCUT2D eigenvalue weighted by molar-refractivity contribution is 6.02. The summed E-state index contributed by atoms with van der Waals surface area (Å²) in [7, 11) is 1.51. The number of ether oxygens (including phenoxy) is 1. The summed E-state index contributed by atoms with van der Waals surface area (Å²) < 4.78 is 6.00. The van der Waals surface area contributed by atoms with Gasteiger partial charge in [-0.3, -0.25) is 9.59 Å². The number of hydrogen-bond donors (Lipinski definition) is 2. The molecule has 2 aromatic heterocycles. The van der Waals surface area contributed by atoms with Crippen molar-refractivity contribution in [1.82, 2.24) is 14.8 Å². The molecule has 0 saturated heterocycles. The molecule has 0 atom stereocenters. The number of methoxy groups -OCH3 is 1. The molecule has 0 bridgehead atoms. The van der Waals surface area contributed by atoms with E-state index in [2.05, 4.69) is 15.4 Å². The van der Waals surface area contributed by atoms with Crippen molar-refractivity contribution in [2.24, 2.45) is 0 Å². The molecule has 0 spiro atoms. The lowest BCUT2D eigenvalue weighted by molar-refractivity contribution is 0.101. The molecule has 8 nitrogen and oxygen atoms in total. The largest absolute Gasteiger partial charge is 0.504 e. The number of pyridine rings is 1. The lowest BCUT2D eigenvalue weighted by atomic mass is 10.3. The number of anilines is 1. The van der Waals surface area contributed by atoms with Crippen LogP contribution in [0.5, 0.6) is 5.75 Å². The van der Waals surface area contributed by atoms with Crippen LogP contribution in [0.25, 0.3) is 0 Å². The van der Waals surface area contributed by atoms with E-state index in [0.717, 1.165) is 4.68 Å². The lowest BCUT2D eigenvalue weighted by Crippen LogP contribution is -2.27. The van der Waals surface area contributed by atoms with Crippen LogP contribution < -0.4 is 10.9 Å². The number of carbonyl (C=O) groups is 1. The third-order valence-electron chi connectivity index (χ3n) is 2.62. The van der Waals surface area contributed by atoms with Crippen molar-refractivity contribution in [3.05, 3.63) is 46.5 Å². The summed E-state index contributed by atoms with van der Waals surface area (Å²) >= 11 is 0. The number of aromatic nitrogens is 3. The summed E-state index contributed by atoms with van der Waals surface area (Å²) in [5.74, 6) is -0.701. The number of amides is 1. The number of nitrogens with one attached hydrogen (secondary N) is 1.